The van der Waals surface area contributed by atoms with Gasteiger partial charge in [0.15, 0.2) is 6.10 Å². The van der Waals surface area contributed by atoms with Gasteiger partial charge in [0.25, 0.3) is 0 Å². The Morgan fingerprint density at radius 3 is 0.805 bits per heavy atom. The van der Waals surface area contributed by atoms with Gasteiger partial charge in [0, 0.05) is 19.3 Å². The number of ether oxygens (including phenoxy) is 3. The van der Waals surface area contributed by atoms with E-state index in [1.807, 2.05) is 0 Å². The van der Waals surface area contributed by atoms with E-state index < -0.39 is 6.10 Å². The van der Waals surface area contributed by atoms with Crippen molar-refractivity contribution in [1.29, 1.82) is 0 Å². The highest BCUT2D eigenvalue weighted by molar-refractivity contribution is 5.71. The highest BCUT2D eigenvalue weighted by atomic mass is 16.6. The first-order valence-corrected chi connectivity index (χ1v) is 33.1. The summed E-state index contributed by atoms with van der Waals surface area (Å²) >= 11 is 0. The molecule has 0 bridgehead atoms. The Labute approximate surface area is 477 Å². The number of hydrogen-bond donors (Lipinski definition) is 0. The molecule has 0 aliphatic heterocycles. The Bertz CT molecular complexity index is 1470. The molecule has 0 aromatic heterocycles. The standard InChI is InChI=1S/C71H124O6/c1-4-7-10-13-16-19-22-24-26-28-30-31-32-33-34-35-36-37-38-39-41-42-44-46-49-52-55-58-61-64-70(73)76-67-68(66-75-69(72)63-60-57-54-51-48-21-18-15-12-9-6-3)77-71(74)65-62-59-56-53-50-47-45-43-40-29-27-25-23-20-17-14-11-8-5-2/h7,10,16,19,24-27,30-31,33-34,36-37,68H,4-6,8-9,11-15,17-18,20-23,28-29,32,35,38-67H2,1-3H3/b10-7-,19-16-,26-24-,27-25-,31-30-,34-33-,37-36-. The average molecular weight is 1070 g/mol. The summed E-state index contributed by atoms with van der Waals surface area (Å²) in [4.78, 5) is 38.3. The lowest BCUT2D eigenvalue weighted by Crippen LogP contribution is -2.30. The lowest BCUT2D eigenvalue weighted by molar-refractivity contribution is -0.167. The molecule has 0 aromatic rings. The molecule has 0 aliphatic carbocycles. The first kappa shape index (κ1) is 73.6. The normalized spacial score (nSPS) is 12.6. The second-order valence-corrected chi connectivity index (χ2v) is 22.0. The molecule has 0 fully saturated rings. The van der Waals surface area contributed by atoms with Crippen LogP contribution in [0.1, 0.15) is 329 Å². The SMILES string of the molecule is CC/C=C\C/C=C\C/C=C\C/C=C\C/C=C\C/C=C\CCCCCCCCCCCCC(=O)OCC(COC(=O)CCCCCCCCCCCCC)OC(=O)CCCCCCCCCCC/C=C\CCCCCCCC. The maximum atomic E-state index is 12.9. The van der Waals surface area contributed by atoms with Crippen LogP contribution in [0.3, 0.4) is 0 Å². The molecule has 0 saturated carbocycles. The minimum atomic E-state index is -0.778. The monoisotopic (exact) mass is 1070 g/mol. The zero-order chi connectivity index (χ0) is 55.7. The van der Waals surface area contributed by atoms with Crippen molar-refractivity contribution in [2.75, 3.05) is 13.2 Å². The zero-order valence-electron chi connectivity index (χ0n) is 51.0. The second kappa shape index (κ2) is 65.1. The lowest BCUT2D eigenvalue weighted by atomic mass is 10.0. The lowest BCUT2D eigenvalue weighted by Gasteiger charge is -2.18. The number of carbonyl (C=O) groups is 3. The van der Waals surface area contributed by atoms with Crippen LogP contribution in [0.4, 0.5) is 0 Å². The third-order valence-electron chi connectivity index (χ3n) is 14.4. The molecular formula is C71H124O6. The molecule has 77 heavy (non-hydrogen) atoms. The van der Waals surface area contributed by atoms with Crippen molar-refractivity contribution in [3.05, 3.63) is 85.1 Å². The number of esters is 3. The summed E-state index contributed by atoms with van der Waals surface area (Å²) in [5.74, 6) is -0.867. The summed E-state index contributed by atoms with van der Waals surface area (Å²) < 4.78 is 16.9. The third-order valence-corrected chi connectivity index (χ3v) is 14.4. The predicted molar refractivity (Wildman–Crippen MR) is 334 cm³/mol. The van der Waals surface area contributed by atoms with E-state index >= 15 is 0 Å². The van der Waals surface area contributed by atoms with Crippen LogP contribution in [-0.2, 0) is 28.6 Å². The molecule has 6 heteroatoms. The molecule has 0 aromatic carbocycles. The summed E-state index contributed by atoms with van der Waals surface area (Å²) in [5, 5.41) is 0. The molecule has 0 radical (unpaired) electrons. The van der Waals surface area contributed by atoms with Crippen molar-refractivity contribution < 1.29 is 28.6 Å². The maximum absolute atomic E-state index is 12.9. The molecule has 0 amide bonds. The minimum Gasteiger partial charge on any atom is -0.462 e. The van der Waals surface area contributed by atoms with Gasteiger partial charge in [-0.15, -0.1) is 0 Å². The second-order valence-electron chi connectivity index (χ2n) is 22.0. The summed E-state index contributed by atoms with van der Waals surface area (Å²) in [6.07, 6.45) is 85.9. The van der Waals surface area contributed by atoms with E-state index in [1.165, 1.54) is 193 Å². The molecule has 0 saturated heterocycles. The molecule has 0 spiro atoms. The van der Waals surface area contributed by atoms with E-state index in [2.05, 4.69) is 106 Å². The zero-order valence-corrected chi connectivity index (χ0v) is 51.0. The largest absolute Gasteiger partial charge is 0.462 e. The Balaban J connectivity index is 4.24. The molecular weight excluding hydrogens is 949 g/mol. The average Bonchev–Trinajstić information content (AvgIpc) is 3.43. The number of hydrogen-bond acceptors (Lipinski definition) is 6. The van der Waals surface area contributed by atoms with Gasteiger partial charge in [-0.2, -0.15) is 0 Å². The molecule has 0 heterocycles. The van der Waals surface area contributed by atoms with Gasteiger partial charge >= 0.3 is 17.9 Å². The van der Waals surface area contributed by atoms with Crippen molar-refractivity contribution in [1.82, 2.24) is 0 Å². The van der Waals surface area contributed by atoms with E-state index in [1.54, 1.807) is 0 Å². The fraction of sp³-hybridized carbons (Fsp3) is 0.761. The van der Waals surface area contributed by atoms with E-state index in [0.717, 1.165) is 96.3 Å². The van der Waals surface area contributed by atoms with E-state index in [9.17, 15) is 14.4 Å². The first-order valence-electron chi connectivity index (χ1n) is 33.1. The minimum absolute atomic E-state index is 0.0746. The van der Waals surface area contributed by atoms with Crippen molar-refractivity contribution in [2.45, 2.75) is 335 Å². The molecule has 0 N–H and O–H groups in total. The fourth-order valence-electron chi connectivity index (χ4n) is 9.44. The number of allylic oxidation sites excluding steroid dienone is 14. The highest BCUT2D eigenvalue weighted by Crippen LogP contribution is 2.17. The van der Waals surface area contributed by atoms with Gasteiger partial charge in [0.1, 0.15) is 13.2 Å². The molecule has 0 aliphatic rings. The van der Waals surface area contributed by atoms with E-state index in [-0.39, 0.29) is 31.1 Å². The summed E-state index contributed by atoms with van der Waals surface area (Å²) in [5.41, 5.74) is 0. The van der Waals surface area contributed by atoms with Crippen LogP contribution in [-0.4, -0.2) is 37.2 Å². The van der Waals surface area contributed by atoms with E-state index in [0.29, 0.717) is 19.3 Å². The van der Waals surface area contributed by atoms with Crippen LogP contribution in [0.5, 0.6) is 0 Å². The summed E-state index contributed by atoms with van der Waals surface area (Å²) in [7, 11) is 0. The summed E-state index contributed by atoms with van der Waals surface area (Å²) in [6.45, 7) is 6.55. The smallest absolute Gasteiger partial charge is 0.306 e. The van der Waals surface area contributed by atoms with Crippen molar-refractivity contribution in [2.24, 2.45) is 0 Å². The first-order chi connectivity index (χ1) is 38.0. The van der Waals surface area contributed by atoms with Crippen molar-refractivity contribution in [3.63, 3.8) is 0 Å². The Morgan fingerprint density at radius 1 is 0.273 bits per heavy atom. The van der Waals surface area contributed by atoms with Crippen LogP contribution in [0.15, 0.2) is 85.1 Å². The van der Waals surface area contributed by atoms with Crippen LogP contribution in [0.2, 0.25) is 0 Å². The molecule has 1 atom stereocenters. The molecule has 0 rings (SSSR count). The fourth-order valence-corrected chi connectivity index (χ4v) is 9.44. The Hall–Kier alpha value is -3.41. The Morgan fingerprint density at radius 2 is 0.506 bits per heavy atom. The van der Waals surface area contributed by atoms with Gasteiger partial charge in [-0.05, 0) is 96.3 Å². The van der Waals surface area contributed by atoms with Gasteiger partial charge in [-0.25, -0.2) is 0 Å². The van der Waals surface area contributed by atoms with E-state index in [4.69, 9.17) is 14.2 Å². The number of carbonyl (C=O) groups excluding carboxylic acids is 3. The Kier molecular flexibility index (Phi) is 62.2. The van der Waals surface area contributed by atoms with Gasteiger partial charge in [0.2, 0.25) is 0 Å². The van der Waals surface area contributed by atoms with Gasteiger partial charge in [-0.3, -0.25) is 14.4 Å². The molecule has 1 unspecified atom stereocenters. The predicted octanol–water partition coefficient (Wildman–Crippen LogP) is 22.7. The van der Waals surface area contributed by atoms with Crippen LogP contribution in [0.25, 0.3) is 0 Å². The van der Waals surface area contributed by atoms with Crippen LogP contribution < -0.4 is 0 Å². The van der Waals surface area contributed by atoms with Crippen LogP contribution >= 0.6 is 0 Å². The molecule has 444 valence electrons. The third kappa shape index (κ3) is 63.3. The van der Waals surface area contributed by atoms with Gasteiger partial charge in [0.05, 0.1) is 0 Å². The summed E-state index contributed by atoms with van der Waals surface area (Å²) in [6, 6.07) is 0. The number of rotatable bonds is 60. The quantitative estimate of drug-likeness (QED) is 0.0261. The van der Waals surface area contributed by atoms with Crippen molar-refractivity contribution >= 4 is 17.9 Å². The maximum Gasteiger partial charge on any atom is 0.306 e. The van der Waals surface area contributed by atoms with Gasteiger partial charge in [-0.1, -0.05) is 298 Å². The molecule has 6 nitrogen and oxygen atoms in total. The topological polar surface area (TPSA) is 78.9 Å². The number of unbranched alkanes of at least 4 members (excludes halogenated alkanes) is 35. The van der Waals surface area contributed by atoms with Crippen LogP contribution in [0, 0.1) is 0 Å². The van der Waals surface area contributed by atoms with Gasteiger partial charge < -0.3 is 14.2 Å². The van der Waals surface area contributed by atoms with Crippen molar-refractivity contribution in [3.8, 4) is 0 Å². The highest BCUT2D eigenvalue weighted by Gasteiger charge is 2.19.